The zero-order chi connectivity index (χ0) is 26.9. The smallest absolute Gasteiger partial charge is 0.322 e. The van der Waals surface area contributed by atoms with Gasteiger partial charge in [-0.25, -0.2) is 4.98 Å². The number of aliphatic carboxylic acids is 2. The molecule has 0 aliphatic carbocycles. The number of amides is 2. The van der Waals surface area contributed by atoms with E-state index >= 15 is 0 Å². The Hall–Kier alpha value is -4.30. The summed E-state index contributed by atoms with van der Waals surface area (Å²) >= 11 is 1.04. The number of rotatable bonds is 13. The number of nitrogens with zero attached hydrogens (tertiary/aromatic N) is 1. The number of oxazole rings is 1. The van der Waals surface area contributed by atoms with Gasteiger partial charge in [0.1, 0.15) is 29.9 Å². The molecule has 0 saturated carbocycles. The number of carbonyl (C=O) groups is 4. The number of aromatic nitrogens is 1. The number of nitrogens with one attached hydrogen (secondary N) is 3. The molecule has 0 aliphatic rings. The van der Waals surface area contributed by atoms with E-state index in [2.05, 4.69) is 20.3 Å². The average molecular weight is 532 g/mol. The maximum atomic E-state index is 12.4. The Balaban J connectivity index is 1.65. The summed E-state index contributed by atoms with van der Waals surface area (Å²) < 4.78 is 8.70. The summed E-state index contributed by atoms with van der Waals surface area (Å²) in [6.45, 7) is -0.640. The first kappa shape index (κ1) is 27.3. The quantitative estimate of drug-likeness (QED) is 0.122. The minimum absolute atomic E-state index is 0.0126. The summed E-state index contributed by atoms with van der Waals surface area (Å²) in [5.41, 5.74) is 7.45. The normalized spacial score (nSPS) is 12.5. The number of carbonyl (C=O) groups excluding carboxylic acids is 2. The first-order valence-corrected chi connectivity index (χ1v) is 12.0. The fourth-order valence-electron chi connectivity index (χ4n) is 3.11. The van der Waals surface area contributed by atoms with Crippen LogP contribution in [0, 0.1) is 0 Å². The Kier molecular flexibility index (Phi) is 9.29. The molecular weight excluding hydrogens is 506 g/mol. The molecule has 0 saturated heterocycles. The minimum atomic E-state index is -1.26. The van der Waals surface area contributed by atoms with Gasteiger partial charge >= 0.3 is 11.9 Å². The van der Waals surface area contributed by atoms with Crippen LogP contribution < -0.4 is 21.1 Å². The monoisotopic (exact) mass is 531 g/mol. The number of anilines is 1. The zero-order valence-electron chi connectivity index (χ0n) is 19.3. The van der Waals surface area contributed by atoms with Gasteiger partial charge in [0.25, 0.3) is 0 Å². The maximum absolute atomic E-state index is 12.4. The summed E-state index contributed by atoms with van der Waals surface area (Å²) in [7, 11) is 0. The maximum Gasteiger partial charge on any atom is 0.322 e. The molecular formula is C23H25N5O8S. The summed E-state index contributed by atoms with van der Waals surface area (Å²) in [5, 5.41) is 32.6. The third-order valence-electron chi connectivity index (χ3n) is 5.03. The van der Waals surface area contributed by atoms with Gasteiger partial charge < -0.3 is 40.8 Å². The van der Waals surface area contributed by atoms with Crippen molar-refractivity contribution in [3.05, 3.63) is 42.5 Å². The number of carboxylic acid groups (broad SMARTS) is 2. The highest BCUT2D eigenvalue weighted by Crippen LogP contribution is 2.33. The van der Waals surface area contributed by atoms with Crippen molar-refractivity contribution in [1.29, 1.82) is 0 Å². The number of hydrogen-bond donors (Lipinski definition) is 7. The van der Waals surface area contributed by atoms with Gasteiger partial charge in [-0.2, -0.15) is 0 Å². The number of fused-ring (bicyclic) bond motifs is 1. The molecule has 0 fully saturated rings. The summed E-state index contributed by atoms with van der Waals surface area (Å²) in [6, 6.07) is 9.40. The third-order valence-corrected chi connectivity index (χ3v) is 5.91. The van der Waals surface area contributed by atoms with Gasteiger partial charge in [0.05, 0.1) is 5.56 Å². The number of carboxylic acids is 2. The summed E-state index contributed by atoms with van der Waals surface area (Å²) in [4.78, 5) is 50.7. The number of benzene rings is 2. The first-order valence-electron chi connectivity index (χ1n) is 11.0. The molecule has 2 atom stereocenters. The van der Waals surface area contributed by atoms with Crippen LogP contribution in [0.4, 0.5) is 5.69 Å². The summed E-state index contributed by atoms with van der Waals surface area (Å²) in [6.07, 6.45) is -0.373. The molecule has 14 heteroatoms. The average Bonchev–Trinajstić information content (AvgIpc) is 3.30. The Labute approximate surface area is 214 Å². The van der Waals surface area contributed by atoms with Gasteiger partial charge in [0.2, 0.25) is 17.7 Å². The van der Waals surface area contributed by atoms with Crippen LogP contribution in [0.15, 0.2) is 46.9 Å². The van der Waals surface area contributed by atoms with Gasteiger partial charge in [0.15, 0.2) is 5.58 Å². The topological polar surface area (TPSA) is 217 Å². The van der Waals surface area contributed by atoms with Crippen molar-refractivity contribution in [1.82, 2.24) is 15.6 Å². The molecule has 37 heavy (non-hydrogen) atoms. The SMILES string of the molecule is N[C@@H](CCC(=O)N[C@@H](CSNc1ccc(O)c(-c2nc3ccccc3o2)c1)C(=O)NCC(=O)O)C(=O)O. The molecule has 0 unspecified atom stereocenters. The van der Waals surface area contributed by atoms with Crippen LogP contribution in [0.1, 0.15) is 12.8 Å². The number of aromatic hydroxyl groups is 1. The Morgan fingerprint density at radius 3 is 2.57 bits per heavy atom. The first-order chi connectivity index (χ1) is 17.6. The van der Waals surface area contributed by atoms with Crippen LogP contribution in [0.2, 0.25) is 0 Å². The second-order valence-corrected chi connectivity index (χ2v) is 8.67. The number of nitrogens with two attached hydrogens (primary N) is 1. The van der Waals surface area contributed by atoms with Crippen molar-refractivity contribution in [2.45, 2.75) is 24.9 Å². The zero-order valence-corrected chi connectivity index (χ0v) is 20.2. The Morgan fingerprint density at radius 1 is 1.11 bits per heavy atom. The minimum Gasteiger partial charge on any atom is -0.507 e. The molecule has 0 spiro atoms. The summed E-state index contributed by atoms with van der Waals surface area (Å²) in [5.74, 6) is -3.71. The molecule has 1 aromatic heterocycles. The molecule has 0 radical (unpaired) electrons. The fourth-order valence-corrected chi connectivity index (χ4v) is 3.89. The Bertz CT molecular complexity index is 1260. The number of hydrogen-bond acceptors (Lipinski definition) is 10. The van der Waals surface area contributed by atoms with Crippen molar-refractivity contribution < 1.29 is 38.9 Å². The lowest BCUT2D eigenvalue weighted by molar-refractivity contribution is -0.139. The standard InChI is InChI=1S/C23H25N5O8S/c24-14(23(34)35)6-8-19(30)26-16(21(33)25-10-20(31)32)11-37-28-12-5-7-17(29)13(9-12)22-27-15-3-1-2-4-18(15)36-22/h1-5,7,9,14,16,28-29H,6,8,10-11,24H2,(H,25,33)(H,26,30)(H,31,32)(H,34,35)/t14-,16-/m0/s1. The molecule has 0 aliphatic heterocycles. The highest BCUT2D eigenvalue weighted by molar-refractivity contribution is 8.00. The van der Waals surface area contributed by atoms with Gasteiger partial charge in [-0.1, -0.05) is 12.1 Å². The van der Waals surface area contributed by atoms with E-state index in [-0.39, 0.29) is 30.2 Å². The van der Waals surface area contributed by atoms with Crippen molar-refractivity contribution in [3.8, 4) is 17.2 Å². The third kappa shape index (κ3) is 7.85. The second kappa shape index (κ2) is 12.6. The van der Waals surface area contributed by atoms with Gasteiger partial charge in [-0.05, 0) is 48.7 Å². The van der Waals surface area contributed by atoms with Crippen LogP contribution in [-0.2, 0) is 19.2 Å². The molecule has 2 aromatic carbocycles. The highest BCUT2D eigenvalue weighted by atomic mass is 32.2. The molecule has 8 N–H and O–H groups in total. The Morgan fingerprint density at radius 2 is 1.86 bits per heavy atom. The fraction of sp³-hybridized carbons (Fsp3) is 0.261. The van der Waals surface area contributed by atoms with Crippen LogP contribution in [0.5, 0.6) is 5.75 Å². The van der Waals surface area contributed by atoms with E-state index in [1.165, 1.54) is 6.07 Å². The molecule has 1 heterocycles. The lowest BCUT2D eigenvalue weighted by Crippen LogP contribution is -2.49. The van der Waals surface area contributed by atoms with Gasteiger partial charge in [-0.15, -0.1) is 0 Å². The second-order valence-electron chi connectivity index (χ2n) is 7.85. The van der Waals surface area contributed by atoms with Crippen LogP contribution in [0.25, 0.3) is 22.6 Å². The lowest BCUT2D eigenvalue weighted by Gasteiger charge is -2.18. The van der Waals surface area contributed by atoms with E-state index in [9.17, 15) is 24.3 Å². The predicted octanol–water partition coefficient (Wildman–Crippen LogP) is 1.14. The van der Waals surface area contributed by atoms with Crippen molar-refractivity contribution in [2.75, 3.05) is 17.0 Å². The van der Waals surface area contributed by atoms with Gasteiger partial charge in [-0.3, -0.25) is 19.2 Å². The molecule has 13 nitrogen and oxygen atoms in total. The van der Waals surface area contributed by atoms with E-state index in [0.29, 0.717) is 22.4 Å². The lowest BCUT2D eigenvalue weighted by atomic mass is 10.1. The van der Waals surface area contributed by atoms with E-state index in [1.807, 2.05) is 6.07 Å². The molecule has 196 valence electrons. The van der Waals surface area contributed by atoms with E-state index in [1.54, 1.807) is 30.3 Å². The highest BCUT2D eigenvalue weighted by Gasteiger charge is 2.23. The van der Waals surface area contributed by atoms with Crippen LogP contribution >= 0.6 is 11.9 Å². The molecule has 2 amide bonds. The molecule has 3 rings (SSSR count). The number of para-hydroxylation sites is 2. The molecule has 3 aromatic rings. The van der Waals surface area contributed by atoms with Gasteiger partial charge in [0, 0.05) is 17.9 Å². The van der Waals surface area contributed by atoms with E-state index < -0.39 is 42.4 Å². The van der Waals surface area contributed by atoms with Crippen molar-refractivity contribution in [3.63, 3.8) is 0 Å². The van der Waals surface area contributed by atoms with E-state index in [4.69, 9.17) is 20.4 Å². The number of phenolic OH excluding ortho intramolecular Hbond substituents is 1. The van der Waals surface area contributed by atoms with Crippen LogP contribution in [-0.4, -0.2) is 68.4 Å². The number of phenols is 1. The van der Waals surface area contributed by atoms with Crippen molar-refractivity contribution >= 4 is 52.5 Å². The molecule has 0 bridgehead atoms. The van der Waals surface area contributed by atoms with Crippen LogP contribution in [0.3, 0.4) is 0 Å². The van der Waals surface area contributed by atoms with Crippen molar-refractivity contribution in [2.24, 2.45) is 5.73 Å². The predicted molar refractivity (Wildman–Crippen MR) is 135 cm³/mol. The largest absolute Gasteiger partial charge is 0.507 e. The van der Waals surface area contributed by atoms with E-state index in [0.717, 1.165) is 11.9 Å².